The Labute approximate surface area is 90.7 Å². The molecule has 0 radical (unpaired) electrons. The molecule has 1 saturated carbocycles. The summed E-state index contributed by atoms with van der Waals surface area (Å²) in [5.74, 6) is 1.56. The summed E-state index contributed by atoms with van der Waals surface area (Å²) in [5.41, 5.74) is 0.176. The van der Waals surface area contributed by atoms with Crippen molar-refractivity contribution in [3.63, 3.8) is 0 Å². The van der Waals surface area contributed by atoms with Gasteiger partial charge in [0.25, 0.3) is 0 Å². The Hall–Kier alpha value is -1.05. The molecule has 82 valence electrons. The molecule has 1 aliphatic rings. The predicted molar refractivity (Wildman–Crippen MR) is 58.8 cm³/mol. The molecular weight excluding hydrogens is 188 g/mol. The summed E-state index contributed by atoms with van der Waals surface area (Å²) >= 11 is 0. The summed E-state index contributed by atoms with van der Waals surface area (Å²) in [6.07, 6.45) is 0. The van der Waals surface area contributed by atoms with Crippen LogP contribution in [0.15, 0.2) is 16.5 Å². The van der Waals surface area contributed by atoms with Crippen LogP contribution in [-0.4, -0.2) is 5.78 Å². The van der Waals surface area contributed by atoms with Crippen molar-refractivity contribution in [1.29, 1.82) is 0 Å². The number of rotatable bonds is 2. The van der Waals surface area contributed by atoms with E-state index in [1.807, 2.05) is 13.0 Å². The number of hydrogen-bond donors (Lipinski definition) is 0. The number of carbonyl (C=O) groups excluding carboxylic acids is 1. The van der Waals surface area contributed by atoms with Gasteiger partial charge in [-0.3, -0.25) is 4.79 Å². The van der Waals surface area contributed by atoms with E-state index in [1.54, 1.807) is 6.07 Å². The van der Waals surface area contributed by atoms with Gasteiger partial charge in [-0.15, -0.1) is 0 Å². The fourth-order valence-electron chi connectivity index (χ4n) is 2.56. The standard InChI is InChI=1S/C13H18O2/c1-8-6-7-9(15-8)10(14)11-12(2,3)13(11,4)5/h6-7,11H,1-5H3. The van der Waals surface area contributed by atoms with Crippen molar-refractivity contribution in [2.75, 3.05) is 0 Å². The lowest BCUT2D eigenvalue weighted by atomic mass is 10.0. The second-order valence-electron chi connectivity index (χ2n) is 5.65. The normalized spacial score (nSPS) is 22.7. The molecule has 0 N–H and O–H groups in total. The van der Waals surface area contributed by atoms with Gasteiger partial charge in [-0.25, -0.2) is 0 Å². The number of hydrogen-bond acceptors (Lipinski definition) is 2. The molecule has 0 aromatic carbocycles. The van der Waals surface area contributed by atoms with Gasteiger partial charge in [0.1, 0.15) is 5.76 Å². The number of furan rings is 1. The first-order valence-corrected chi connectivity index (χ1v) is 5.39. The smallest absolute Gasteiger partial charge is 0.202 e. The quantitative estimate of drug-likeness (QED) is 0.694. The van der Waals surface area contributed by atoms with E-state index < -0.39 is 0 Å². The maximum atomic E-state index is 12.2. The van der Waals surface area contributed by atoms with E-state index in [-0.39, 0.29) is 22.5 Å². The summed E-state index contributed by atoms with van der Waals surface area (Å²) in [4.78, 5) is 12.2. The maximum absolute atomic E-state index is 12.2. The van der Waals surface area contributed by atoms with Crippen LogP contribution in [0, 0.1) is 23.7 Å². The molecule has 2 rings (SSSR count). The van der Waals surface area contributed by atoms with Crippen LogP contribution < -0.4 is 0 Å². The molecule has 2 nitrogen and oxygen atoms in total. The summed E-state index contributed by atoms with van der Waals surface area (Å²) in [6.45, 7) is 10.4. The van der Waals surface area contributed by atoms with E-state index in [2.05, 4.69) is 27.7 Å². The first kappa shape index (κ1) is 10.5. The molecule has 0 saturated heterocycles. The third-order valence-corrected chi connectivity index (χ3v) is 4.27. The molecule has 0 amide bonds. The average Bonchev–Trinajstić information content (AvgIpc) is 2.49. The highest BCUT2D eigenvalue weighted by Crippen LogP contribution is 2.69. The van der Waals surface area contributed by atoms with Crippen LogP contribution in [0.2, 0.25) is 0 Å². The zero-order valence-corrected chi connectivity index (χ0v) is 10.0. The highest BCUT2D eigenvalue weighted by Gasteiger charge is 2.68. The molecule has 0 unspecified atom stereocenters. The predicted octanol–water partition coefficient (Wildman–Crippen LogP) is 3.45. The van der Waals surface area contributed by atoms with Gasteiger partial charge in [0.05, 0.1) is 0 Å². The minimum absolute atomic E-state index is 0.0881. The van der Waals surface area contributed by atoms with Crippen molar-refractivity contribution in [2.45, 2.75) is 34.6 Å². The van der Waals surface area contributed by atoms with Gasteiger partial charge >= 0.3 is 0 Å². The van der Waals surface area contributed by atoms with Crippen LogP contribution >= 0.6 is 0 Å². The molecule has 1 aromatic heterocycles. The Morgan fingerprint density at radius 1 is 1.20 bits per heavy atom. The summed E-state index contributed by atoms with van der Waals surface area (Å²) in [6, 6.07) is 3.62. The zero-order chi connectivity index (χ0) is 11.4. The number of ketones is 1. The monoisotopic (exact) mass is 206 g/mol. The highest BCUT2D eigenvalue weighted by atomic mass is 16.3. The van der Waals surface area contributed by atoms with Gasteiger partial charge in [-0.05, 0) is 29.9 Å². The molecule has 1 heterocycles. The largest absolute Gasteiger partial charge is 0.458 e. The van der Waals surface area contributed by atoms with E-state index in [4.69, 9.17) is 4.42 Å². The second-order valence-corrected chi connectivity index (χ2v) is 5.65. The van der Waals surface area contributed by atoms with E-state index in [9.17, 15) is 4.79 Å². The second kappa shape index (κ2) is 2.75. The summed E-state index contributed by atoms with van der Waals surface area (Å²) in [5, 5.41) is 0. The number of carbonyl (C=O) groups is 1. The average molecular weight is 206 g/mol. The van der Waals surface area contributed by atoms with Crippen molar-refractivity contribution < 1.29 is 9.21 Å². The third-order valence-electron chi connectivity index (χ3n) is 4.27. The Morgan fingerprint density at radius 2 is 1.73 bits per heavy atom. The first-order chi connectivity index (χ1) is 6.78. The fraction of sp³-hybridized carbons (Fsp3) is 0.615. The van der Waals surface area contributed by atoms with Crippen molar-refractivity contribution in [1.82, 2.24) is 0 Å². The molecule has 0 bridgehead atoms. The summed E-state index contributed by atoms with van der Waals surface area (Å²) in [7, 11) is 0. The maximum Gasteiger partial charge on any atom is 0.202 e. The van der Waals surface area contributed by atoms with Crippen LogP contribution in [-0.2, 0) is 0 Å². The van der Waals surface area contributed by atoms with Crippen molar-refractivity contribution in [3.05, 3.63) is 23.7 Å². The van der Waals surface area contributed by atoms with Gasteiger partial charge < -0.3 is 4.42 Å². The molecule has 0 atom stereocenters. The van der Waals surface area contributed by atoms with Gasteiger partial charge in [0.2, 0.25) is 5.78 Å². The van der Waals surface area contributed by atoms with Crippen LogP contribution in [0.3, 0.4) is 0 Å². The Kier molecular flexibility index (Phi) is 1.92. The number of Topliss-reactive ketones (excluding diaryl/α,β-unsaturated/α-hetero) is 1. The van der Waals surface area contributed by atoms with Gasteiger partial charge in [0.15, 0.2) is 5.76 Å². The zero-order valence-electron chi connectivity index (χ0n) is 10.0. The van der Waals surface area contributed by atoms with E-state index >= 15 is 0 Å². The SMILES string of the molecule is Cc1ccc(C(=O)C2C(C)(C)C2(C)C)o1. The van der Waals surface area contributed by atoms with Gasteiger partial charge in [0, 0.05) is 5.92 Å². The highest BCUT2D eigenvalue weighted by molar-refractivity contribution is 5.98. The van der Waals surface area contributed by atoms with Crippen molar-refractivity contribution in [2.24, 2.45) is 16.7 Å². The Morgan fingerprint density at radius 3 is 2.07 bits per heavy atom. The molecule has 0 aliphatic heterocycles. The van der Waals surface area contributed by atoms with Crippen LogP contribution in [0.5, 0.6) is 0 Å². The van der Waals surface area contributed by atoms with Crippen LogP contribution in [0.4, 0.5) is 0 Å². The molecule has 1 fully saturated rings. The van der Waals surface area contributed by atoms with E-state index in [1.165, 1.54) is 0 Å². The lowest BCUT2D eigenvalue weighted by molar-refractivity contribution is 0.0916. The minimum atomic E-state index is 0.0881. The molecule has 15 heavy (non-hydrogen) atoms. The van der Waals surface area contributed by atoms with E-state index in [0.29, 0.717) is 5.76 Å². The van der Waals surface area contributed by atoms with Crippen molar-refractivity contribution >= 4 is 5.78 Å². The Balaban J connectivity index is 2.26. The van der Waals surface area contributed by atoms with Crippen LogP contribution in [0.1, 0.15) is 44.0 Å². The van der Waals surface area contributed by atoms with E-state index in [0.717, 1.165) is 5.76 Å². The number of aryl methyl sites for hydroxylation is 1. The molecule has 1 aliphatic carbocycles. The first-order valence-electron chi connectivity index (χ1n) is 5.39. The third kappa shape index (κ3) is 1.27. The van der Waals surface area contributed by atoms with Gasteiger partial charge in [-0.2, -0.15) is 0 Å². The molecular formula is C13H18O2. The molecule has 2 heteroatoms. The topological polar surface area (TPSA) is 30.2 Å². The summed E-state index contributed by atoms with van der Waals surface area (Å²) < 4.78 is 5.38. The minimum Gasteiger partial charge on any atom is -0.458 e. The lowest BCUT2D eigenvalue weighted by Crippen LogP contribution is -2.06. The van der Waals surface area contributed by atoms with Gasteiger partial charge in [-0.1, -0.05) is 27.7 Å². The van der Waals surface area contributed by atoms with Crippen LogP contribution in [0.25, 0.3) is 0 Å². The van der Waals surface area contributed by atoms with Crippen molar-refractivity contribution in [3.8, 4) is 0 Å². The molecule has 1 aromatic rings. The fourth-order valence-corrected chi connectivity index (χ4v) is 2.56. The molecule has 0 spiro atoms. The lowest BCUT2D eigenvalue weighted by Gasteiger charge is -2.03. The Bertz CT molecular complexity index is 396.